The van der Waals surface area contributed by atoms with Crippen LogP contribution in [-0.4, -0.2) is 35.9 Å². The maximum Gasteiger partial charge on any atom is 0.159 e. The summed E-state index contributed by atoms with van der Waals surface area (Å²) in [6.45, 7) is 5.27. The molecule has 1 saturated heterocycles. The Balaban J connectivity index is 2.07. The summed E-state index contributed by atoms with van der Waals surface area (Å²) >= 11 is 0. The lowest BCUT2D eigenvalue weighted by Gasteiger charge is -2.36. The van der Waals surface area contributed by atoms with E-state index in [-0.39, 0.29) is 0 Å². The van der Waals surface area contributed by atoms with Gasteiger partial charge in [-0.25, -0.2) is 0 Å². The molecular weight excluding hydrogens is 224 g/mol. The van der Waals surface area contributed by atoms with Crippen LogP contribution in [0.4, 0.5) is 5.82 Å². The fourth-order valence-corrected chi connectivity index (χ4v) is 2.63. The Labute approximate surface area is 107 Å². The first-order chi connectivity index (χ1) is 8.90. The number of hydrogen-bond donors (Lipinski definition) is 1. The first-order valence-corrected chi connectivity index (χ1v) is 6.58. The first-order valence-electron chi connectivity index (χ1n) is 6.58. The summed E-state index contributed by atoms with van der Waals surface area (Å²) in [5.74, 6) is 1.03. The third kappa shape index (κ3) is 1.93. The number of piperazine rings is 1. The van der Waals surface area contributed by atoms with Gasteiger partial charge < -0.3 is 10.2 Å². The number of hydrogen-bond acceptors (Lipinski definition) is 4. The van der Waals surface area contributed by atoms with E-state index in [4.69, 9.17) is 0 Å². The van der Waals surface area contributed by atoms with E-state index < -0.39 is 0 Å². The number of aromatic nitrogens is 2. The highest BCUT2D eigenvalue weighted by Crippen LogP contribution is 2.25. The summed E-state index contributed by atoms with van der Waals surface area (Å²) in [4.78, 5) is 2.39. The molecule has 1 unspecified atom stereocenters. The van der Waals surface area contributed by atoms with Gasteiger partial charge in [-0.2, -0.15) is 5.10 Å². The van der Waals surface area contributed by atoms with Gasteiger partial charge in [0.15, 0.2) is 5.82 Å². The highest BCUT2D eigenvalue weighted by atomic mass is 15.3. The van der Waals surface area contributed by atoms with Crippen LogP contribution < -0.4 is 10.2 Å². The largest absolute Gasteiger partial charge is 0.349 e. The lowest BCUT2D eigenvalue weighted by Crippen LogP contribution is -2.51. The molecule has 4 heteroatoms. The van der Waals surface area contributed by atoms with Gasteiger partial charge in [0, 0.05) is 36.4 Å². The molecule has 1 aromatic heterocycles. The maximum atomic E-state index is 4.38. The topological polar surface area (TPSA) is 41.0 Å². The minimum Gasteiger partial charge on any atom is -0.349 e. The Kier molecular flexibility index (Phi) is 3.11. The molecule has 0 radical (unpaired) electrons. The molecule has 1 atom stereocenters. The summed E-state index contributed by atoms with van der Waals surface area (Å²) in [6, 6.07) is 8.85. The van der Waals surface area contributed by atoms with E-state index in [1.165, 1.54) is 5.39 Å². The Bertz CT molecular complexity index is 535. The van der Waals surface area contributed by atoms with Crippen molar-refractivity contribution in [1.82, 2.24) is 15.5 Å². The monoisotopic (exact) mass is 242 g/mol. The summed E-state index contributed by atoms with van der Waals surface area (Å²) < 4.78 is 0. The van der Waals surface area contributed by atoms with Gasteiger partial charge in [-0.1, -0.05) is 31.2 Å². The van der Waals surface area contributed by atoms with Crippen LogP contribution in [0.5, 0.6) is 0 Å². The fourth-order valence-electron chi connectivity index (χ4n) is 2.63. The zero-order chi connectivity index (χ0) is 12.4. The third-order valence-corrected chi connectivity index (χ3v) is 3.64. The normalized spacial score (nSPS) is 20.3. The molecular formula is C14H18N4. The predicted molar refractivity (Wildman–Crippen MR) is 73.8 cm³/mol. The molecule has 0 bridgehead atoms. The lowest BCUT2D eigenvalue weighted by atomic mass is 10.1. The standard InChI is InChI=1S/C14H18N4/c1-2-12-10-15-7-8-18(12)14-13-6-4-3-5-11(13)9-16-17-14/h3-6,9,12,15H,2,7-8,10H2,1H3. The molecule has 1 fully saturated rings. The molecule has 1 aliphatic rings. The number of nitrogens with zero attached hydrogens (tertiary/aromatic N) is 3. The molecule has 0 aliphatic carbocycles. The van der Waals surface area contributed by atoms with Crippen molar-refractivity contribution in [3.8, 4) is 0 Å². The van der Waals surface area contributed by atoms with Crippen LogP contribution in [-0.2, 0) is 0 Å². The fraction of sp³-hybridized carbons (Fsp3) is 0.429. The second kappa shape index (κ2) is 4.90. The van der Waals surface area contributed by atoms with E-state index in [0.29, 0.717) is 6.04 Å². The van der Waals surface area contributed by atoms with Crippen molar-refractivity contribution in [3.05, 3.63) is 30.5 Å². The van der Waals surface area contributed by atoms with Crippen molar-refractivity contribution in [1.29, 1.82) is 0 Å². The van der Waals surface area contributed by atoms with Gasteiger partial charge in [0.05, 0.1) is 6.20 Å². The molecule has 1 aliphatic heterocycles. The van der Waals surface area contributed by atoms with Gasteiger partial charge in [0.2, 0.25) is 0 Å². The number of nitrogens with one attached hydrogen (secondary N) is 1. The Morgan fingerprint density at radius 2 is 2.28 bits per heavy atom. The number of rotatable bonds is 2. The second-order valence-electron chi connectivity index (χ2n) is 4.72. The predicted octanol–water partition coefficient (Wildman–Crippen LogP) is 1.82. The summed E-state index contributed by atoms with van der Waals surface area (Å²) in [7, 11) is 0. The van der Waals surface area contributed by atoms with E-state index in [1.807, 2.05) is 12.3 Å². The van der Waals surface area contributed by atoms with Crippen LogP contribution in [0.1, 0.15) is 13.3 Å². The van der Waals surface area contributed by atoms with Gasteiger partial charge in [0.25, 0.3) is 0 Å². The van der Waals surface area contributed by atoms with E-state index in [2.05, 4.69) is 45.5 Å². The van der Waals surface area contributed by atoms with Gasteiger partial charge in [-0.3, -0.25) is 0 Å². The number of fused-ring (bicyclic) bond motifs is 1. The highest BCUT2D eigenvalue weighted by Gasteiger charge is 2.23. The quantitative estimate of drug-likeness (QED) is 0.872. The Hall–Kier alpha value is -1.68. The minimum atomic E-state index is 0.513. The summed E-state index contributed by atoms with van der Waals surface area (Å²) in [5, 5.41) is 14.3. The minimum absolute atomic E-state index is 0.513. The van der Waals surface area contributed by atoms with Crippen LogP contribution >= 0.6 is 0 Å². The van der Waals surface area contributed by atoms with E-state index in [0.717, 1.165) is 37.3 Å². The molecule has 2 heterocycles. The van der Waals surface area contributed by atoms with E-state index >= 15 is 0 Å². The van der Waals surface area contributed by atoms with Crippen LogP contribution in [0.25, 0.3) is 10.8 Å². The Morgan fingerprint density at radius 3 is 3.17 bits per heavy atom. The first kappa shape index (κ1) is 11.4. The molecule has 3 rings (SSSR count). The SMILES string of the molecule is CCC1CNCCN1c1nncc2ccccc12. The van der Waals surface area contributed by atoms with Crippen molar-refractivity contribution in [2.45, 2.75) is 19.4 Å². The van der Waals surface area contributed by atoms with Crippen LogP contribution in [0.3, 0.4) is 0 Å². The summed E-state index contributed by atoms with van der Waals surface area (Å²) in [5.41, 5.74) is 0. The average Bonchev–Trinajstić information content (AvgIpc) is 2.46. The second-order valence-corrected chi connectivity index (χ2v) is 4.72. The van der Waals surface area contributed by atoms with Crippen LogP contribution in [0, 0.1) is 0 Å². The molecule has 2 aromatic rings. The van der Waals surface area contributed by atoms with Crippen LogP contribution in [0.15, 0.2) is 30.5 Å². The third-order valence-electron chi connectivity index (χ3n) is 3.64. The van der Waals surface area contributed by atoms with E-state index in [9.17, 15) is 0 Å². The van der Waals surface area contributed by atoms with Gasteiger partial charge >= 0.3 is 0 Å². The van der Waals surface area contributed by atoms with Crippen molar-refractivity contribution in [3.63, 3.8) is 0 Å². The van der Waals surface area contributed by atoms with Gasteiger partial charge in [-0.15, -0.1) is 5.10 Å². The van der Waals surface area contributed by atoms with Gasteiger partial charge in [0.1, 0.15) is 0 Å². The zero-order valence-electron chi connectivity index (χ0n) is 10.6. The van der Waals surface area contributed by atoms with Crippen molar-refractivity contribution in [2.75, 3.05) is 24.5 Å². The smallest absolute Gasteiger partial charge is 0.159 e. The van der Waals surface area contributed by atoms with Crippen molar-refractivity contribution in [2.24, 2.45) is 0 Å². The zero-order valence-corrected chi connectivity index (χ0v) is 10.6. The molecule has 1 aromatic carbocycles. The molecule has 0 saturated carbocycles. The Morgan fingerprint density at radius 1 is 1.39 bits per heavy atom. The highest BCUT2D eigenvalue weighted by molar-refractivity contribution is 5.91. The molecule has 18 heavy (non-hydrogen) atoms. The molecule has 1 N–H and O–H groups in total. The molecule has 0 amide bonds. The van der Waals surface area contributed by atoms with Crippen molar-refractivity contribution < 1.29 is 0 Å². The average molecular weight is 242 g/mol. The molecule has 4 nitrogen and oxygen atoms in total. The van der Waals surface area contributed by atoms with Crippen molar-refractivity contribution >= 4 is 16.6 Å². The molecule has 0 spiro atoms. The van der Waals surface area contributed by atoms with E-state index in [1.54, 1.807) is 0 Å². The lowest BCUT2D eigenvalue weighted by molar-refractivity contribution is 0.463. The number of benzene rings is 1. The molecule has 94 valence electrons. The summed E-state index contributed by atoms with van der Waals surface area (Å²) in [6.07, 6.45) is 2.96. The maximum absolute atomic E-state index is 4.38. The van der Waals surface area contributed by atoms with Gasteiger partial charge in [-0.05, 0) is 6.42 Å². The van der Waals surface area contributed by atoms with Crippen LogP contribution in [0.2, 0.25) is 0 Å². The number of anilines is 1.